The number of nitrogens with zero attached hydrogens (tertiary/aromatic N) is 2. The molecule has 0 unspecified atom stereocenters. The lowest BCUT2D eigenvalue weighted by molar-refractivity contribution is -0.149. The molecule has 3 rings (SSSR count). The van der Waals surface area contributed by atoms with E-state index >= 15 is 0 Å². The largest absolute Gasteiger partial charge is 0.466 e. The summed E-state index contributed by atoms with van der Waals surface area (Å²) in [6.07, 6.45) is 2.49. The Morgan fingerprint density at radius 3 is 2.46 bits per heavy atom. The fraction of sp³-hybridized carbons (Fsp3) is 0.368. The van der Waals surface area contributed by atoms with Crippen LogP contribution in [-0.4, -0.2) is 48.4 Å². The number of hydrogen-bond donors (Lipinski definition) is 1. The highest BCUT2D eigenvalue weighted by Crippen LogP contribution is 2.23. The average molecular weight is 389 g/mol. The number of ether oxygens (including phenoxy) is 1. The highest BCUT2D eigenvalue weighted by Gasteiger charge is 2.37. The lowest BCUT2D eigenvalue weighted by Crippen LogP contribution is -2.55. The summed E-state index contributed by atoms with van der Waals surface area (Å²) in [5.74, 6) is -2.53. The van der Waals surface area contributed by atoms with Gasteiger partial charge in [-0.1, -0.05) is 0 Å². The smallest absolute Gasteiger partial charge is 0.335 e. The van der Waals surface area contributed by atoms with E-state index in [1.165, 1.54) is 18.3 Å². The van der Waals surface area contributed by atoms with E-state index in [4.69, 9.17) is 4.74 Å². The summed E-state index contributed by atoms with van der Waals surface area (Å²) >= 11 is 0. The minimum atomic E-state index is -0.889. The summed E-state index contributed by atoms with van der Waals surface area (Å²) in [5.41, 5.74) is -0.0400. The molecule has 2 saturated heterocycles. The molecule has 2 fully saturated rings. The van der Waals surface area contributed by atoms with Crippen LogP contribution in [0.2, 0.25) is 0 Å². The van der Waals surface area contributed by atoms with Crippen molar-refractivity contribution >= 4 is 29.5 Å². The van der Waals surface area contributed by atoms with Crippen molar-refractivity contribution in [3.8, 4) is 0 Å². The van der Waals surface area contributed by atoms with E-state index in [0.717, 1.165) is 17.0 Å². The molecule has 1 aromatic carbocycles. The maximum atomic E-state index is 13.1. The molecule has 2 aliphatic rings. The van der Waals surface area contributed by atoms with Crippen molar-refractivity contribution in [2.75, 3.05) is 24.6 Å². The zero-order valence-corrected chi connectivity index (χ0v) is 15.3. The summed E-state index contributed by atoms with van der Waals surface area (Å²) in [4.78, 5) is 51.4. The fourth-order valence-electron chi connectivity index (χ4n) is 3.18. The molecular formula is C19H20FN3O5. The first-order valence-corrected chi connectivity index (χ1v) is 8.98. The van der Waals surface area contributed by atoms with Gasteiger partial charge < -0.3 is 9.64 Å². The van der Waals surface area contributed by atoms with Crippen LogP contribution in [0.25, 0.3) is 0 Å². The van der Waals surface area contributed by atoms with Crippen LogP contribution in [0, 0.1) is 11.7 Å². The van der Waals surface area contributed by atoms with Crippen LogP contribution in [0.15, 0.2) is 36.0 Å². The second-order valence-electron chi connectivity index (χ2n) is 6.48. The number of amides is 4. The Morgan fingerprint density at radius 2 is 1.86 bits per heavy atom. The van der Waals surface area contributed by atoms with Crippen molar-refractivity contribution in [3.63, 3.8) is 0 Å². The van der Waals surface area contributed by atoms with E-state index in [0.29, 0.717) is 32.5 Å². The quantitative estimate of drug-likeness (QED) is 0.477. The van der Waals surface area contributed by atoms with Gasteiger partial charge in [-0.3, -0.25) is 19.7 Å². The van der Waals surface area contributed by atoms with Crippen LogP contribution in [0.3, 0.4) is 0 Å². The van der Waals surface area contributed by atoms with Crippen LogP contribution in [0.4, 0.5) is 14.9 Å². The lowest BCUT2D eigenvalue weighted by atomic mass is 9.97. The molecule has 1 N–H and O–H groups in total. The summed E-state index contributed by atoms with van der Waals surface area (Å²) in [6.45, 7) is 3.01. The number of piperidine rings is 1. The zero-order valence-electron chi connectivity index (χ0n) is 15.3. The molecule has 9 heteroatoms. The van der Waals surface area contributed by atoms with Crippen molar-refractivity contribution in [3.05, 3.63) is 41.9 Å². The molecule has 0 radical (unpaired) electrons. The predicted octanol–water partition coefficient (Wildman–Crippen LogP) is 1.57. The van der Waals surface area contributed by atoms with Gasteiger partial charge >= 0.3 is 12.0 Å². The van der Waals surface area contributed by atoms with Gasteiger partial charge in [-0.15, -0.1) is 0 Å². The fourth-order valence-corrected chi connectivity index (χ4v) is 3.18. The molecule has 8 nitrogen and oxygen atoms in total. The molecule has 148 valence electrons. The number of benzene rings is 1. The Morgan fingerprint density at radius 1 is 1.21 bits per heavy atom. The van der Waals surface area contributed by atoms with Gasteiger partial charge in [0.15, 0.2) is 0 Å². The van der Waals surface area contributed by atoms with Gasteiger partial charge in [-0.25, -0.2) is 14.1 Å². The van der Waals surface area contributed by atoms with Crippen molar-refractivity contribution in [1.29, 1.82) is 0 Å². The van der Waals surface area contributed by atoms with E-state index < -0.39 is 23.7 Å². The monoisotopic (exact) mass is 389 g/mol. The second kappa shape index (κ2) is 8.20. The Bertz CT molecular complexity index is 828. The number of urea groups is 1. The number of barbiturate groups is 1. The SMILES string of the molecule is CCOC(=O)C1CCN(C=C2C(=O)NC(=O)N(c3ccc(F)cc3)C2=O)CC1. The molecule has 1 aromatic rings. The lowest BCUT2D eigenvalue weighted by Gasteiger charge is -2.32. The van der Waals surface area contributed by atoms with Gasteiger partial charge in [-0.2, -0.15) is 0 Å². The number of rotatable bonds is 4. The minimum absolute atomic E-state index is 0.156. The van der Waals surface area contributed by atoms with E-state index in [1.807, 2.05) is 0 Å². The number of imide groups is 2. The number of halogens is 1. The van der Waals surface area contributed by atoms with Crippen LogP contribution in [0.5, 0.6) is 0 Å². The third kappa shape index (κ3) is 4.03. The number of anilines is 1. The number of nitrogens with one attached hydrogen (secondary N) is 1. The van der Waals surface area contributed by atoms with Gasteiger partial charge in [-0.05, 0) is 44.0 Å². The number of carbonyl (C=O) groups is 4. The van der Waals surface area contributed by atoms with Crippen molar-refractivity contribution in [2.24, 2.45) is 5.92 Å². The van der Waals surface area contributed by atoms with Gasteiger partial charge in [0.05, 0.1) is 18.2 Å². The van der Waals surface area contributed by atoms with Gasteiger partial charge in [0.2, 0.25) is 0 Å². The number of esters is 1. The molecule has 2 heterocycles. The molecule has 4 amide bonds. The Hall–Kier alpha value is -3.23. The second-order valence-corrected chi connectivity index (χ2v) is 6.48. The summed E-state index contributed by atoms with van der Waals surface area (Å²) in [6, 6.07) is 3.92. The average Bonchev–Trinajstić information content (AvgIpc) is 2.67. The van der Waals surface area contributed by atoms with Gasteiger partial charge in [0, 0.05) is 19.3 Å². The topological polar surface area (TPSA) is 96.0 Å². The number of carbonyl (C=O) groups excluding carboxylic acids is 4. The molecule has 0 atom stereocenters. The Kier molecular flexibility index (Phi) is 5.72. The maximum absolute atomic E-state index is 13.1. The van der Waals surface area contributed by atoms with E-state index in [-0.39, 0.29) is 23.1 Å². The molecule has 2 aliphatic heterocycles. The standard InChI is InChI=1S/C19H20FN3O5/c1-2-28-18(26)12-7-9-22(10-8-12)11-15-16(24)21-19(27)23(17(15)25)14-5-3-13(20)4-6-14/h3-6,11-12H,2,7-10H2,1H3,(H,21,24,27). The highest BCUT2D eigenvalue weighted by molar-refractivity contribution is 6.37. The van der Waals surface area contributed by atoms with E-state index in [1.54, 1.807) is 11.8 Å². The molecule has 0 spiro atoms. The summed E-state index contributed by atoms with van der Waals surface area (Å²) in [5, 5.41) is 2.12. The zero-order chi connectivity index (χ0) is 20.3. The van der Waals surface area contributed by atoms with Crippen LogP contribution in [0.1, 0.15) is 19.8 Å². The third-order valence-corrected chi connectivity index (χ3v) is 4.65. The minimum Gasteiger partial charge on any atom is -0.466 e. The van der Waals surface area contributed by atoms with Crippen LogP contribution in [-0.2, 0) is 19.1 Å². The van der Waals surface area contributed by atoms with Crippen LogP contribution >= 0.6 is 0 Å². The number of likely N-dealkylation sites (tertiary alicyclic amines) is 1. The summed E-state index contributed by atoms with van der Waals surface area (Å²) in [7, 11) is 0. The molecule has 0 aromatic heterocycles. The molecule has 28 heavy (non-hydrogen) atoms. The summed E-state index contributed by atoms with van der Waals surface area (Å²) < 4.78 is 18.1. The maximum Gasteiger partial charge on any atom is 0.335 e. The van der Waals surface area contributed by atoms with Gasteiger partial charge in [0.25, 0.3) is 11.8 Å². The first-order valence-electron chi connectivity index (χ1n) is 8.98. The van der Waals surface area contributed by atoms with Crippen LogP contribution < -0.4 is 10.2 Å². The molecule has 0 bridgehead atoms. The Balaban J connectivity index is 1.75. The first-order chi connectivity index (χ1) is 13.4. The van der Waals surface area contributed by atoms with E-state index in [9.17, 15) is 23.6 Å². The first kappa shape index (κ1) is 19.5. The predicted molar refractivity (Wildman–Crippen MR) is 96.4 cm³/mol. The third-order valence-electron chi connectivity index (χ3n) is 4.65. The molecule has 0 aliphatic carbocycles. The van der Waals surface area contributed by atoms with Crippen molar-refractivity contribution in [2.45, 2.75) is 19.8 Å². The Labute approximate surface area is 160 Å². The number of hydrogen-bond acceptors (Lipinski definition) is 6. The molecule has 0 saturated carbocycles. The normalized spacial score (nSPS) is 19.8. The molecular weight excluding hydrogens is 369 g/mol. The van der Waals surface area contributed by atoms with Crippen molar-refractivity contribution in [1.82, 2.24) is 10.2 Å². The van der Waals surface area contributed by atoms with E-state index in [2.05, 4.69) is 5.32 Å². The highest BCUT2D eigenvalue weighted by atomic mass is 19.1. The van der Waals surface area contributed by atoms with Gasteiger partial charge in [0.1, 0.15) is 11.4 Å². The van der Waals surface area contributed by atoms with Crippen molar-refractivity contribution < 1.29 is 28.3 Å².